The molecule has 0 aromatic heterocycles. The number of carboxylic acid groups (broad SMARTS) is 1. The zero-order chi connectivity index (χ0) is 17.7. The number of aryl methyl sites for hydroxylation is 1. The highest BCUT2D eigenvalue weighted by atomic mass is 32.2. The van der Waals surface area contributed by atoms with Gasteiger partial charge >= 0.3 is 5.97 Å². The van der Waals surface area contributed by atoms with Crippen molar-refractivity contribution in [3.63, 3.8) is 0 Å². The Hall–Kier alpha value is -1.44. The fourth-order valence-corrected chi connectivity index (χ4v) is 4.54. The molecule has 0 amide bonds. The molecule has 0 radical (unpaired) electrons. The first-order chi connectivity index (χ1) is 11.3. The van der Waals surface area contributed by atoms with E-state index in [1.165, 1.54) is 18.2 Å². The highest BCUT2D eigenvalue weighted by Gasteiger charge is 2.26. The second-order valence-corrected chi connectivity index (χ2v) is 8.06. The molecule has 0 atom stereocenters. The normalized spacial score (nSPS) is 17.1. The number of piperidine rings is 1. The molecule has 2 rings (SSSR count). The van der Waals surface area contributed by atoms with Crippen LogP contribution in [0, 0.1) is 6.92 Å². The van der Waals surface area contributed by atoms with E-state index < -0.39 is 16.0 Å². The molecule has 0 unspecified atom stereocenters. The molecular weight excluding hydrogens is 328 g/mol. The van der Waals surface area contributed by atoms with Crippen molar-refractivity contribution in [2.75, 3.05) is 19.6 Å². The Kier molecular flexibility index (Phi) is 6.37. The Morgan fingerprint density at radius 3 is 2.58 bits per heavy atom. The van der Waals surface area contributed by atoms with Crippen molar-refractivity contribution in [3.05, 3.63) is 29.3 Å². The van der Waals surface area contributed by atoms with Crippen molar-refractivity contribution in [1.82, 2.24) is 9.62 Å². The molecule has 6 nitrogen and oxygen atoms in total. The van der Waals surface area contributed by atoms with Crippen molar-refractivity contribution >= 4 is 16.0 Å². The van der Waals surface area contributed by atoms with Gasteiger partial charge in [0.2, 0.25) is 10.0 Å². The number of hydrogen-bond donors (Lipinski definition) is 2. The third-order valence-corrected chi connectivity index (χ3v) is 6.12. The summed E-state index contributed by atoms with van der Waals surface area (Å²) in [6, 6.07) is 4.09. The summed E-state index contributed by atoms with van der Waals surface area (Å²) in [5.74, 6) is -1.13. The van der Waals surface area contributed by atoms with Gasteiger partial charge in [-0.05, 0) is 63.5 Å². The summed E-state index contributed by atoms with van der Waals surface area (Å²) in [5.41, 5.74) is 0.531. The monoisotopic (exact) mass is 354 g/mol. The molecular formula is C17H26N2O4S. The van der Waals surface area contributed by atoms with Crippen molar-refractivity contribution in [2.45, 2.75) is 50.5 Å². The summed E-state index contributed by atoms with van der Waals surface area (Å²) in [5, 5.41) is 9.07. The summed E-state index contributed by atoms with van der Waals surface area (Å²) >= 11 is 0. The van der Waals surface area contributed by atoms with Crippen LogP contribution in [-0.2, 0) is 10.0 Å². The van der Waals surface area contributed by atoms with Gasteiger partial charge in [-0.1, -0.05) is 19.4 Å². The molecule has 7 heteroatoms. The van der Waals surface area contributed by atoms with Crippen molar-refractivity contribution in [1.29, 1.82) is 0 Å². The van der Waals surface area contributed by atoms with Crippen LogP contribution in [0.25, 0.3) is 0 Å². The number of benzene rings is 1. The van der Waals surface area contributed by atoms with E-state index in [9.17, 15) is 13.2 Å². The van der Waals surface area contributed by atoms with Crippen LogP contribution in [0.1, 0.15) is 48.5 Å². The minimum absolute atomic E-state index is 0.0182. The lowest BCUT2D eigenvalue weighted by Crippen LogP contribution is -2.44. The van der Waals surface area contributed by atoms with Crippen LogP contribution >= 0.6 is 0 Å². The largest absolute Gasteiger partial charge is 0.478 e. The number of nitrogens with zero attached hydrogens (tertiary/aromatic N) is 1. The van der Waals surface area contributed by atoms with Gasteiger partial charge in [0, 0.05) is 6.04 Å². The lowest BCUT2D eigenvalue weighted by atomic mass is 10.1. The lowest BCUT2D eigenvalue weighted by molar-refractivity contribution is 0.0696. The molecule has 1 aliphatic heterocycles. The molecule has 1 saturated heterocycles. The fraction of sp³-hybridized carbons (Fsp3) is 0.588. The van der Waals surface area contributed by atoms with Gasteiger partial charge in [0.05, 0.1) is 10.5 Å². The Morgan fingerprint density at radius 1 is 1.33 bits per heavy atom. The number of nitrogens with one attached hydrogen (secondary N) is 1. The predicted octanol–water partition coefficient (Wildman–Crippen LogP) is 2.24. The number of aromatic carboxylic acids is 1. The summed E-state index contributed by atoms with van der Waals surface area (Å²) in [6.07, 6.45) is 3.88. The van der Waals surface area contributed by atoms with Gasteiger partial charge in [0.15, 0.2) is 0 Å². The smallest absolute Gasteiger partial charge is 0.335 e. The van der Waals surface area contributed by atoms with Crippen molar-refractivity contribution in [3.8, 4) is 0 Å². The van der Waals surface area contributed by atoms with Crippen molar-refractivity contribution < 1.29 is 18.3 Å². The average Bonchev–Trinajstić information content (AvgIpc) is 2.54. The topological polar surface area (TPSA) is 86.7 Å². The second-order valence-electron chi connectivity index (χ2n) is 6.38. The van der Waals surface area contributed by atoms with E-state index in [1.54, 1.807) is 6.92 Å². The van der Waals surface area contributed by atoms with Gasteiger partial charge in [-0.15, -0.1) is 0 Å². The number of carboxylic acids is 1. The summed E-state index contributed by atoms with van der Waals surface area (Å²) in [7, 11) is -3.71. The number of rotatable bonds is 7. The summed E-state index contributed by atoms with van der Waals surface area (Å²) in [6.45, 7) is 6.68. The maximum atomic E-state index is 12.6. The minimum atomic E-state index is -3.71. The molecule has 0 aliphatic carbocycles. The first-order valence-corrected chi connectivity index (χ1v) is 9.90. The molecule has 134 valence electrons. The van der Waals surface area contributed by atoms with Crippen LogP contribution in [-0.4, -0.2) is 50.1 Å². The van der Waals surface area contributed by atoms with E-state index in [1.807, 2.05) is 0 Å². The summed E-state index contributed by atoms with van der Waals surface area (Å²) < 4.78 is 28.0. The first kappa shape index (κ1) is 18.9. The predicted molar refractivity (Wildman–Crippen MR) is 92.8 cm³/mol. The van der Waals surface area contributed by atoms with E-state index in [4.69, 9.17) is 5.11 Å². The van der Waals surface area contributed by atoms with E-state index >= 15 is 0 Å². The Balaban J connectivity index is 2.05. The lowest BCUT2D eigenvalue weighted by Gasteiger charge is -2.32. The molecule has 2 N–H and O–H groups in total. The highest BCUT2D eigenvalue weighted by Crippen LogP contribution is 2.20. The minimum Gasteiger partial charge on any atom is -0.478 e. The fourth-order valence-electron chi connectivity index (χ4n) is 2.96. The number of likely N-dealkylation sites (tertiary alicyclic amines) is 1. The number of unbranched alkanes of at least 4 members (excludes halogenated alkanes) is 1. The highest BCUT2D eigenvalue weighted by molar-refractivity contribution is 7.89. The van der Waals surface area contributed by atoms with E-state index in [0.717, 1.165) is 45.3 Å². The quantitative estimate of drug-likeness (QED) is 0.784. The van der Waals surface area contributed by atoms with Gasteiger partial charge in [0.25, 0.3) is 0 Å². The van der Waals surface area contributed by atoms with Gasteiger partial charge < -0.3 is 10.0 Å². The van der Waals surface area contributed by atoms with Gasteiger partial charge in [-0.3, -0.25) is 0 Å². The van der Waals surface area contributed by atoms with E-state index in [0.29, 0.717) is 5.56 Å². The van der Waals surface area contributed by atoms with Crippen LogP contribution in [0.3, 0.4) is 0 Å². The second kappa shape index (κ2) is 8.09. The molecule has 1 aromatic rings. The average molecular weight is 354 g/mol. The van der Waals surface area contributed by atoms with Crippen LogP contribution in [0.5, 0.6) is 0 Å². The maximum Gasteiger partial charge on any atom is 0.335 e. The van der Waals surface area contributed by atoms with Gasteiger partial charge in [-0.25, -0.2) is 17.9 Å². The van der Waals surface area contributed by atoms with Crippen molar-refractivity contribution in [2.24, 2.45) is 0 Å². The molecule has 1 aromatic carbocycles. The van der Waals surface area contributed by atoms with Crippen LogP contribution in [0.2, 0.25) is 0 Å². The van der Waals surface area contributed by atoms with Crippen LogP contribution in [0.4, 0.5) is 0 Å². The first-order valence-electron chi connectivity index (χ1n) is 8.42. The van der Waals surface area contributed by atoms with Gasteiger partial charge in [0.1, 0.15) is 0 Å². The molecule has 0 saturated carbocycles. The zero-order valence-corrected chi connectivity index (χ0v) is 15.1. The third-order valence-electron chi connectivity index (χ3n) is 4.46. The molecule has 1 heterocycles. The van der Waals surface area contributed by atoms with Crippen LogP contribution < -0.4 is 4.72 Å². The molecule has 0 spiro atoms. The third kappa shape index (κ3) is 4.78. The molecule has 1 aliphatic rings. The SMILES string of the molecule is CCCCN1CCC(NS(=O)(=O)c2cc(C(=O)O)ccc2C)CC1. The van der Waals surface area contributed by atoms with E-state index in [-0.39, 0.29) is 16.5 Å². The Morgan fingerprint density at radius 2 is 2.00 bits per heavy atom. The Bertz CT molecular complexity index is 680. The molecule has 0 bridgehead atoms. The van der Waals surface area contributed by atoms with E-state index in [2.05, 4.69) is 16.5 Å². The molecule has 1 fully saturated rings. The number of sulfonamides is 1. The number of carbonyl (C=O) groups is 1. The molecule has 24 heavy (non-hydrogen) atoms. The van der Waals surface area contributed by atoms with Crippen LogP contribution in [0.15, 0.2) is 23.1 Å². The number of hydrogen-bond acceptors (Lipinski definition) is 4. The van der Waals surface area contributed by atoms with Gasteiger partial charge in [-0.2, -0.15) is 0 Å². The Labute approximate surface area is 143 Å². The zero-order valence-electron chi connectivity index (χ0n) is 14.3. The standard InChI is InChI=1S/C17H26N2O4S/c1-3-4-9-19-10-7-15(8-11-19)18-24(22,23)16-12-14(17(20)21)6-5-13(16)2/h5-6,12,15,18H,3-4,7-11H2,1-2H3,(H,20,21). The maximum absolute atomic E-state index is 12.6. The summed E-state index contributed by atoms with van der Waals surface area (Å²) in [4.78, 5) is 13.5.